The van der Waals surface area contributed by atoms with Gasteiger partial charge < -0.3 is 20.3 Å². The van der Waals surface area contributed by atoms with E-state index in [0.717, 1.165) is 19.5 Å². The van der Waals surface area contributed by atoms with Crippen LogP contribution in [0.4, 0.5) is 0 Å². The highest BCUT2D eigenvalue weighted by Gasteiger charge is 2.20. The fourth-order valence-corrected chi connectivity index (χ4v) is 1.70. The predicted molar refractivity (Wildman–Crippen MR) is 60.6 cm³/mol. The SMILES string of the molecule is Oc1ccc(OC[C@@H](O)CC2CNC2)cc1. The van der Waals surface area contributed by atoms with Crippen LogP contribution in [-0.2, 0) is 0 Å². The van der Waals surface area contributed by atoms with E-state index in [4.69, 9.17) is 9.84 Å². The molecule has 0 amide bonds. The summed E-state index contributed by atoms with van der Waals surface area (Å²) in [5, 5.41) is 21.9. The molecule has 1 aromatic rings. The van der Waals surface area contributed by atoms with E-state index in [1.54, 1.807) is 24.3 Å². The van der Waals surface area contributed by atoms with Gasteiger partial charge in [-0.05, 0) is 49.7 Å². The normalized spacial score (nSPS) is 17.8. The summed E-state index contributed by atoms with van der Waals surface area (Å²) in [7, 11) is 0. The number of hydrogen-bond acceptors (Lipinski definition) is 4. The summed E-state index contributed by atoms with van der Waals surface area (Å²) < 4.78 is 5.41. The van der Waals surface area contributed by atoms with Crippen LogP contribution >= 0.6 is 0 Å². The number of benzene rings is 1. The van der Waals surface area contributed by atoms with E-state index < -0.39 is 6.10 Å². The van der Waals surface area contributed by atoms with Crippen molar-refractivity contribution in [3.05, 3.63) is 24.3 Å². The van der Waals surface area contributed by atoms with E-state index in [0.29, 0.717) is 18.3 Å². The number of hydrogen-bond donors (Lipinski definition) is 3. The zero-order chi connectivity index (χ0) is 11.4. The summed E-state index contributed by atoms with van der Waals surface area (Å²) in [5.41, 5.74) is 0. The van der Waals surface area contributed by atoms with Crippen molar-refractivity contribution in [3.8, 4) is 11.5 Å². The number of phenolic OH excluding ortho intramolecular Hbond substituents is 1. The first-order valence-corrected chi connectivity index (χ1v) is 5.54. The number of aliphatic hydroxyl groups excluding tert-OH is 1. The summed E-state index contributed by atoms with van der Waals surface area (Å²) in [6.07, 6.45) is 0.367. The average molecular weight is 223 g/mol. The zero-order valence-electron chi connectivity index (χ0n) is 9.10. The molecule has 0 unspecified atom stereocenters. The molecule has 1 saturated heterocycles. The molecular formula is C12H17NO3. The Hall–Kier alpha value is -1.26. The van der Waals surface area contributed by atoms with Gasteiger partial charge in [-0.25, -0.2) is 0 Å². The van der Waals surface area contributed by atoms with E-state index >= 15 is 0 Å². The van der Waals surface area contributed by atoms with Crippen LogP contribution in [0.5, 0.6) is 11.5 Å². The number of nitrogens with one attached hydrogen (secondary N) is 1. The number of phenols is 1. The Morgan fingerprint density at radius 1 is 1.31 bits per heavy atom. The maximum absolute atomic E-state index is 9.70. The van der Waals surface area contributed by atoms with Gasteiger partial charge in [-0.2, -0.15) is 0 Å². The smallest absolute Gasteiger partial charge is 0.119 e. The van der Waals surface area contributed by atoms with Crippen LogP contribution in [0.15, 0.2) is 24.3 Å². The minimum Gasteiger partial charge on any atom is -0.508 e. The van der Waals surface area contributed by atoms with Gasteiger partial charge >= 0.3 is 0 Å². The standard InChI is InChI=1S/C12H17NO3/c14-10-1-3-12(4-2-10)16-8-11(15)5-9-6-13-7-9/h1-4,9,11,13-15H,5-8H2/t11-/m0/s1. The molecule has 0 aliphatic carbocycles. The van der Waals surface area contributed by atoms with Crippen molar-refractivity contribution >= 4 is 0 Å². The zero-order valence-corrected chi connectivity index (χ0v) is 9.10. The predicted octanol–water partition coefficient (Wildman–Crippen LogP) is 0.741. The van der Waals surface area contributed by atoms with Crippen LogP contribution in [0, 0.1) is 5.92 Å². The van der Waals surface area contributed by atoms with E-state index in [1.807, 2.05) is 0 Å². The first kappa shape index (κ1) is 11.2. The molecule has 1 fully saturated rings. The molecule has 16 heavy (non-hydrogen) atoms. The number of aromatic hydroxyl groups is 1. The summed E-state index contributed by atoms with van der Waals surface area (Å²) >= 11 is 0. The molecule has 1 aliphatic heterocycles. The third-order valence-electron chi connectivity index (χ3n) is 2.75. The molecule has 1 aromatic carbocycles. The fraction of sp³-hybridized carbons (Fsp3) is 0.500. The Morgan fingerprint density at radius 3 is 2.56 bits per heavy atom. The molecule has 4 nitrogen and oxygen atoms in total. The molecule has 0 bridgehead atoms. The Morgan fingerprint density at radius 2 is 2.00 bits per heavy atom. The van der Waals surface area contributed by atoms with Crippen LogP contribution < -0.4 is 10.1 Å². The molecule has 88 valence electrons. The molecule has 1 atom stereocenters. The van der Waals surface area contributed by atoms with Gasteiger partial charge in [0.25, 0.3) is 0 Å². The highest BCUT2D eigenvalue weighted by atomic mass is 16.5. The number of aliphatic hydroxyl groups is 1. The van der Waals surface area contributed by atoms with Crippen molar-refractivity contribution in [2.45, 2.75) is 12.5 Å². The maximum atomic E-state index is 9.70. The average Bonchev–Trinajstić information content (AvgIpc) is 2.23. The second kappa shape index (κ2) is 5.18. The molecule has 0 spiro atoms. The topological polar surface area (TPSA) is 61.7 Å². The van der Waals surface area contributed by atoms with Crippen LogP contribution in [0.2, 0.25) is 0 Å². The second-order valence-corrected chi connectivity index (χ2v) is 4.22. The molecule has 0 aromatic heterocycles. The third-order valence-corrected chi connectivity index (χ3v) is 2.75. The molecular weight excluding hydrogens is 206 g/mol. The van der Waals surface area contributed by atoms with Gasteiger partial charge in [0.05, 0.1) is 6.10 Å². The van der Waals surface area contributed by atoms with E-state index in [2.05, 4.69) is 5.32 Å². The van der Waals surface area contributed by atoms with Crippen molar-refractivity contribution in [2.75, 3.05) is 19.7 Å². The van der Waals surface area contributed by atoms with Gasteiger partial charge in [-0.3, -0.25) is 0 Å². The molecule has 2 rings (SSSR count). The summed E-state index contributed by atoms with van der Waals surface area (Å²) in [6.45, 7) is 2.30. The van der Waals surface area contributed by atoms with Crippen molar-refractivity contribution in [2.24, 2.45) is 5.92 Å². The fourth-order valence-electron chi connectivity index (χ4n) is 1.70. The number of rotatable bonds is 5. The van der Waals surface area contributed by atoms with Gasteiger partial charge in [0.15, 0.2) is 0 Å². The Bertz CT molecular complexity index is 322. The molecule has 0 radical (unpaired) electrons. The second-order valence-electron chi connectivity index (χ2n) is 4.22. The lowest BCUT2D eigenvalue weighted by atomic mass is 9.96. The highest BCUT2D eigenvalue weighted by Crippen LogP contribution is 2.17. The minimum atomic E-state index is -0.416. The van der Waals surface area contributed by atoms with Crippen LogP contribution in [-0.4, -0.2) is 36.0 Å². The first-order chi connectivity index (χ1) is 7.74. The molecule has 1 heterocycles. The Kier molecular flexibility index (Phi) is 3.64. The monoisotopic (exact) mass is 223 g/mol. The van der Waals surface area contributed by atoms with Crippen molar-refractivity contribution in [3.63, 3.8) is 0 Å². The molecule has 3 N–H and O–H groups in total. The van der Waals surface area contributed by atoms with Crippen molar-refractivity contribution in [1.82, 2.24) is 5.32 Å². The molecule has 0 saturated carbocycles. The van der Waals surface area contributed by atoms with Crippen LogP contribution in [0.3, 0.4) is 0 Å². The summed E-state index contributed by atoms with van der Waals surface area (Å²) in [6, 6.07) is 6.51. The lowest BCUT2D eigenvalue weighted by Crippen LogP contribution is -2.44. The number of ether oxygens (including phenoxy) is 1. The highest BCUT2D eigenvalue weighted by molar-refractivity contribution is 5.30. The van der Waals surface area contributed by atoms with E-state index in [1.165, 1.54) is 0 Å². The molecule has 4 heteroatoms. The van der Waals surface area contributed by atoms with E-state index in [-0.39, 0.29) is 5.75 Å². The molecule has 1 aliphatic rings. The summed E-state index contributed by atoms with van der Waals surface area (Å²) in [4.78, 5) is 0. The van der Waals surface area contributed by atoms with Gasteiger partial charge in [-0.1, -0.05) is 0 Å². The van der Waals surface area contributed by atoms with Gasteiger partial charge in [0.1, 0.15) is 18.1 Å². The van der Waals surface area contributed by atoms with Crippen molar-refractivity contribution < 1.29 is 14.9 Å². The Labute approximate surface area is 94.9 Å². The van der Waals surface area contributed by atoms with Gasteiger partial charge in [0, 0.05) is 0 Å². The summed E-state index contributed by atoms with van der Waals surface area (Å²) in [5.74, 6) is 1.47. The lowest BCUT2D eigenvalue weighted by Gasteiger charge is -2.28. The van der Waals surface area contributed by atoms with Gasteiger partial charge in [0.2, 0.25) is 0 Å². The van der Waals surface area contributed by atoms with E-state index in [9.17, 15) is 5.11 Å². The largest absolute Gasteiger partial charge is 0.508 e. The minimum absolute atomic E-state index is 0.216. The van der Waals surface area contributed by atoms with Crippen molar-refractivity contribution in [1.29, 1.82) is 0 Å². The quantitative estimate of drug-likeness (QED) is 0.689. The third kappa shape index (κ3) is 3.12. The van der Waals surface area contributed by atoms with Crippen LogP contribution in [0.25, 0.3) is 0 Å². The van der Waals surface area contributed by atoms with Gasteiger partial charge in [-0.15, -0.1) is 0 Å². The maximum Gasteiger partial charge on any atom is 0.119 e. The first-order valence-electron chi connectivity index (χ1n) is 5.54. The van der Waals surface area contributed by atoms with Crippen LogP contribution in [0.1, 0.15) is 6.42 Å². The Balaban J connectivity index is 1.71. The lowest BCUT2D eigenvalue weighted by molar-refractivity contribution is 0.0755.